The minimum Gasteiger partial charge on any atom is -0.504 e. The van der Waals surface area contributed by atoms with Gasteiger partial charge in [0, 0.05) is 35.1 Å². The van der Waals surface area contributed by atoms with Crippen molar-refractivity contribution in [2.75, 3.05) is 12.0 Å². The van der Waals surface area contributed by atoms with Crippen LogP contribution in [0.1, 0.15) is 42.7 Å². The first-order chi connectivity index (χ1) is 13.9. The van der Waals surface area contributed by atoms with E-state index in [0.29, 0.717) is 41.3 Å². The Balaban J connectivity index is 1.85. The fourth-order valence-electron chi connectivity index (χ4n) is 4.21. The van der Waals surface area contributed by atoms with E-state index in [1.807, 2.05) is 19.1 Å². The number of carbonyl (C=O) groups excluding carboxylic acids is 2. The summed E-state index contributed by atoms with van der Waals surface area (Å²) in [5.41, 5.74) is 3.85. The molecule has 0 aromatic heterocycles. The van der Waals surface area contributed by atoms with Gasteiger partial charge in [0.15, 0.2) is 17.3 Å². The smallest absolute Gasteiger partial charge is 0.232 e. The van der Waals surface area contributed by atoms with Gasteiger partial charge < -0.3 is 9.84 Å². The summed E-state index contributed by atoms with van der Waals surface area (Å²) >= 11 is 6.30. The van der Waals surface area contributed by atoms with Gasteiger partial charge in [-0.1, -0.05) is 23.7 Å². The molecule has 1 unspecified atom stereocenters. The SMILES string of the molecule is COc1cc(C2CC(=O)N(c3ccc(C)c(Cl)c3)C3=C2C(=O)CCC3)ccc1O. The van der Waals surface area contributed by atoms with E-state index in [1.165, 1.54) is 13.2 Å². The maximum absolute atomic E-state index is 13.2. The molecule has 1 heterocycles. The van der Waals surface area contributed by atoms with Crippen LogP contribution in [0, 0.1) is 6.92 Å². The highest BCUT2D eigenvalue weighted by molar-refractivity contribution is 6.31. The molecule has 1 amide bonds. The Morgan fingerprint density at radius 2 is 1.93 bits per heavy atom. The Morgan fingerprint density at radius 1 is 1.14 bits per heavy atom. The fourth-order valence-corrected chi connectivity index (χ4v) is 4.38. The number of carbonyl (C=O) groups is 2. The summed E-state index contributed by atoms with van der Waals surface area (Å²) in [6.07, 6.45) is 2.02. The Morgan fingerprint density at radius 3 is 2.66 bits per heavy atom. The molecular formula is C23H22ClNO4. The number of allylic oxidation sites excluding steroid dienone is 2. The minimum atomic E-state index is -0.350. The summed E-state index contributed by atoms with van der Waals surface area (Å²) in [5.74, 6) is -0.00188. The first-order valence-corrected chi connectivity index (χ1v) is 10.0. The van der Waals surface area contributed by atoms with E-state index < -0.39 is 0 Å². The van der Waals surface area contributed by atoms with E-state index in [4.69, 9.17) is 16.3 Å². The Labute approximate surface area is 174 Å². The number of phenolic OH excluding ortho intramolecular Hbond substituents is 1. The third-order valence-corrected chi connectivity index (χ3v) is 6.10. The summed E-state index contributed by atoms with van der Waals surface area (Å²) in [7, 11) is 1.48. The molecule has 1 aliphatic carbocycles. The third-order valence-electron chi connectivity index (χ3n) is 5.70. The monoisotopic (exact) mass is 411 g/mol. The maximum Gasteiger partial charge on any atom is 0.232 e. The number of hydrogen-bond donors (Lipinski definition) is 1. The van der Waals surface area contributed by atoms with Crippen LogP contribution >= 0.6 is 11.6 Å². The van der Waals surface area contributed by atoms with Crippen LogP contribution in [0.15, 0.2) is 47.7 Å². The molecule has 1 N–H and O–H groups in total. The molecule has 0 radical (unpaired) electrons. The zero-order valence-electron chi connectivity index (χ0n) is 16.4. The molecule has 1 aliphatic heterocycles. The normalized spacial score (nSPS) is 19.4. The summed E-state index contributed by atoms with van der Waals surface area (Å²) in [6.45, 7) is 1.91. The van der Waals surface area contributed by atoms with Crippen molar-refractivity contribution < 1.29 is 19.4 Å². The van der Waals surface area contributed by atoms with E-state index in [2.05, 4.69) is 0 Å². The first kappa shape index (κ1) is 19.5. The van der Waals surface area contributed by atoms with Crippen LogP contribution in [0.3, 0.4) is 0 Å². The predicted octanol–water partition coefficient (Wildman–Crippen LogP) is 4.89. The van der Waals surface area contributed by atoms with Crippen LogP contribution in [-0.4, -0.2) is 23.9 Å². The molecule has 2 aliphatic rings. The second-order valence-electron chi connectivity index (χ2n) is 7.49. The highest BCUT2D eigenvalue weighted by Gasteiger charge is 2.40. The average Bonchev–Trinajstić information content (AvgIpc) is 2.70. The summed E-state index contributed by atoms with van der Waals surface area (Å²) < 4.78 is 5.22. The number of anilines is 1. The van der Waals surface area contributed by atoms with E-state index in [-0.39, 0.29) is 29.8 Å². The van der Waals surface area contributed by atoms with Crippen LogP contribution in [0.25, 0.3) is 0 Å². The van der Waals surface area contributed by atoms with Gasteiger partial charge in [-0.3, -0.25) is 14.5 Å². The Bertz CT molecular complexity index is 1040. The number of benzene rings is 2. The van der Waals surface area contributed by atoms with Crippen LogP contribution in [0.4, 0.5) is 5.69 Å². The molecule has 0 bridgehead atoms. The quantitative estimate of drug-likeness (QED) is 0.780. The van der Waals surface area contributed by atoms with Crippen LogP contribution in [0.5, 0.6) is 11.5 Å². The largest absolute Gasteiger partial charge is 0.504 e. The van der Waals surface area contributed by atoms with Crippen molar-refractivity contribution in [1.29, 1.82) is 0 Å². The number of aryl methyl sites for hydroxylation is 1. The van der Waals surface area contributed by atoms with Gasteiger partial charge in [-0.05, 0) is 55.2 Å². The lowest BCUT2D eigenvalue weighted by Crippen LogP contribution is -2.40. The number of nitrogens with zero attached hydrogens (tertiary/aromatic N) is 1. The average molecular weight is 412 g/mol. The maximum atomic E-state index is 13.2. The summed E-state index contributed by atoms with van der Waals surface area (Å²) in [4.78, 5) is 27.8. The minimum absolute atomic E-state index is 0.0264. The zero-order chi connectivity index (χ0) is 20.7. The van der Waals surface area contributed by atoms with E-state index in [1.54, 1.807) is 23.1 Å². The standard InChI is InChI=1S/C23H22ClNO4/c1-13-6-8-15(11-17(13)24)25-18-4-3-5-20(27)23(18)16(12-22(25)28)14-7-9-19(26)21(10-14)29-2/h6-11,16,26H,3-5,12H2,1-2H3. The number of halogens is 1. The molecule has 2 aromatic carbocycles. The number of ketones is 1. The number of aromatic hydroxyl groups is 1. The third kappa shape index (κ3) is 3.40. The second kappa shape index (κ2) is 7.56. The number of hydrogen-bond acceptors (Lipinski definition) is 4. The number of Topliss-reactive ketones (excluding diaryl/α,β-unsaturated/α-hetero) is 1. The van der Waals surface area contributed by atoms with Crippen LogP contribution < -0.4 is 9.64 Å². The second-order valence-corrected chi connectivity index (χ2v) is 7.89. The van der Waals surface area contributed by atoms with Crippen LogP contribution in [-0.2, 0) is 9.59 Å². The van der Waals surface area contributed by atoms with Crippen molar-refractivity contribution in [3.8, 4) is 11.5 Å². The lowest BCUT2D eigenvalue weighted by Gasteiger charge is -2.38. The first-order valence-electron chi connectivity index (χ1n) is 9.63. The van der Waals surface area contributed by atoms with Gasteiger partial charge in [-0.2, -0.15) is 0 Å². The highest BCUT2D eigenvalue weighted by Crippen LogP contribution is 2.45. The lowest BCUT2D eigenvalue weighted by atomic mass is 9.77. The van der Waals surface area contributed by atoms with Crippen LogP contribution in [0.2, 0.25) is 5.02 Å². The number of methoxy groups -OCH3 is 1. The predicted molar refractivity (Wildman–Crippen MR) is 112 cm³/mol. The van der Waals surface area contributed by atoms with Crippen molar-refractivity contribution >= 4 is 29.0 Å². The summed E-state index contributed by atoms with van der Waals surface area (Å²) in [6, 6.07) is 10.5. The van der Waals surface area contributed by atoms with Gasteiger partial charge in [0.25, 0.3) is 0 Å². The number of rotatable bonds is 3. The van der Waals surface area contributed by atoms with Crippen molar-refractivity contribution in [3.05, 3.63) is 63.8 Å². The molecular weight excluding hydrogens is 390 g/mol. The topological polar surface area (TPSA) is 66.8 Å². The fraction of sp³-hybridized carbons (Fsp3) is 0.304. The Hall–Kier alpha value is -2.79. The molecule has 6 heteroatoms. The Kier molecular flexibility index (Phi) is 5.09. The van der Waals surface area contributed by atoms with Gasteiger partial charge in [0.1, 0.15) is 0 Å². The molecule has 4 rings (SSSR count). The van der Waals surface area contributed by atoms with Crippen molar-refractivity contribution in [2.45, 2.75) is 38.5 Å². The number of ether oxygens (including phenoxy) is 1. The van der Waals surface area contributed by atoms with Crippen molar-refractivity contribution in [3.63, 3.8) is 0 Å². The van der Waals surface area contributed by atoms with Crippen molar-refractivity contribution in [1.82, 2.24) is 0 Å². The summed E-state index contributed by atoms with van der Waals surface area (Å²) in [5, 5.41) is 10.5. The van der Waals surface area contributed by atoms with Gasteiger partial charge >= 0.3 is 0 Å². The molecule has 29 heavy (non-hydrogen) atoms. The van der Waals surface area contributed by atoms with Gasteiger partial charge in [0.05, 0.1) is 12.8 Å². The molecule has 0 spiro atoms. The molecule has 0 saturated carbocycles. The van der Waals surface area contributed by atoms with Gasteiger partial charge in [-0.15, -0.1) is 0 Å². The molecule has 5 nitrogen and oxygen atoms in total. The number of amides is 1. The molecule has 2 aromatic rings. The molecule has 150 valence electrons. The van der Waals surface area contributed by atoms with E-state index >= 15 is 0 Å². The van der Waals surface area contributed by atoms with Gasteiger partial charge in [-0.25, -0.2) is 0 Å². The van der Waals surface area contributed by atoms with E-state index in [9.17, 15) is 14.7 Å². The molecule has 1 atom stereocenters. The lowest BCUT2D eigenvalue weighted by molar-refractivity contribution is -0.119. The van der Waals surface area contributed by atoms with Gasteiger partial charge in [0.2, 0.25) is 5.91 Å². The van der Waals surface area contributed by atoms with Crippen molar-refractivity contribution in [2.24, 2.45) is 0 Å². The highest BCUT2D eigenvalue weighted by atomic mass is 35.5. The number of phenols is 1. The molecule has 0 saturated heterocycles. The zero-order valence-corrected chi connectivity index (χ0v) is 17.1. The van der Waals surface area contributed by atoms with E-state index in [0.717, 1.165) is 16.8 Å². The molecule has 0 fully saturated rings.